The van der Waals surface area contributed by atoms with E-state index in [2.05, 4.69) is 0 Å². The van der Waals surface area contributed by atoms with Crippen LogP contribution >= 0.6 is 7.82 Å². The summed E-state index contributed by atoms with van der Waals surface area (Å²) >= 11 is 0. The lowest BCUT2D eigenvalue weighted by Gasteiger charge is -2.31. The zero-order valence-electron chi connectivity index (χ0n) is 15.0. The molecule has 0 fully saturated rings. The van der Waals surface area contributed by atoms with Gasteiger partial charge in [-0.15, -0.1) is 0 Å². The minimum atomic E-state index is -4.03. The first-order chi connectivity index (χ1) is 12.3. The summed E-state index contributed by atoms with van der Waals surface area (Å²) < 4.78 is 43.6. The van der Waals surface area contributed by atoms with E-state index in [4.69, 9.17) is 19.3 Å². The molecule has 0 aliphatic rings. The summed E-state index contributed by atoms with van der Waals surface area (Å²) in [7, 11) is -4.03. The Morgan fingerprint density at radius 1 is 0.962 bits per heavy atom. The van der Waals surface area contributed by atoms with Gasteiger partial charge in [0.25, 0.3) is 0 Å². The number of phosphoric acid groups is 1. The largest absolute Gasteiger partial charge is 0.476 e. The number of halogens is 1. The van der Waals surface area contributed by atoms with Crippen molar-refractivity contribution in [2.45, 2.75) is 38.8 Å². The Kier molecular flexibility index (Phi) is 7.50. The summed E-state index contributed by atoms with van der Waals surface area (Å²) in [4.78, 5) is 0. The van der Waals surface area contributed by atoms with Gasteiger partial charge in [0.2, 0.25) is 0 Å². The van der Waals surface area contributed by atoms with Crippen molar-refractivity contribution >= 4 is 7.82 Å². The molecule has 0 saturated heterocycles. The minimum absolute atomic E-state index is 0.0164. The standard InChI is InChI=1S/C19H25FNO4P/c1-19(2,18(20)13-21)25-26(22,23-14-16-9-5-3-6-10-16)24-15-17-11-7-4-8-12-17/h3-12,18H,13-15,21H2,1-2H3/t18-/m0/s1. The molecule has 0 bridgehead atoms. The van der Waals surface area contributed by atoms with Crippen LogP contribution in [0.25, 0.3) is 0 Å². The predicted octanol–water partition coefficient (Wildman–Crippen LogP) is 4.62. The molecule has 7 heteroatoms. The van der Waals surface area contributed by atoms with Gasteiger partial charge in [-0.2, -0.15) is 0 Å². The maximum atomic E-state index is 14.1. The van der Waals surface area contributed by atoms with Crippen LogP contribution in [0.4, 0.5) is 4.39 Å². The van der Waals surface area contributed by atoms with E-state index in [1.807, 2.05) is 60.7 Å². The molecule has 0 aliphatic heterocycles. The van der Waals surface area contributed by atoms with Gasteiger partial charge in [-0.25, -0.2) is 8.96 Å². The Morgan fingerprint density at radius 2 is 1.38 bits per heavy atom. The Bertz CT molecular complexity index is 664. The van der Waals surface area contributed by atoms with Crippen molar-refractivity contribution < 1.29 is 22.5 Å². The van der Waals surface area contributed by atoms with E-state index in [0.29, 0.717) is 0 Å². The van der Waals surface area contributed by atoms with Gasteiger partial charge >= 0.3 is 7.82 Å². The molecule has 2 aromatic rings. The molecular formula is C19H25FNO4P. The highest BCUT2D eigenvalue weighted by Crippen LogP contribution is 2.54. The van der Waals surface area contributed by atoms with Crippen LogP contribution in [0.5, 0.6) is 0 Å². The third kappa shape index (κ3) is 6.31. The topological polar surface area (TPSA) is 70.8 Å². The molecule has 2 aromatic carbocycles. The third-order valence-corrected chi connectivity index (χ3v) is 5.36. The van der Waals surface area contributed by atoms with E-state index in [1.54, 1.807) is 0 Å². The normalized spacial score (nSPS) is 13.5. The highest BCUT2D eigenvalue weighted by molar-refractivity contribution is 7.48. The van der Waals surface area contributed by atoms with Crippen LogP contribution in [0.1, 0.15) is 25.0 Å². The molecular weight excluding hydrogens is 356 g/mol. The molecule has 1 atom stereocenters. The molecule has 0 heterocycles. The Morgan fingerprint density at radius 3 is 1.77 bits per heavy atom. The lowest BCUT2D eigenvalue weighted by atomic mass is 10.0. The predicted molar refractivity (Wildman–Crippen MR) is 99.2 cm³/mol. The zero-order chi connectivity index (χ0) is 19.0. The number of hydrogen-bond donors (Lipinski definition) is 1. The van der Waals surface area contributed by atoms with Crippen LogP contribution in [0.15, 0.2) is 60.7 Å². The van der Waals surface area contributed by atoms with E-state index in [0.717, 1.165) is 11.1 Å². The van der Waals surface area contributed by atoms with Gasteiger partial charge in [0, 0.05) is 6.54 Å². The smallest absolute Gasteiger partial charge is 0.328 e. The molecule has 26 heavy (non-hydrogen) atoms. The van der Waals surface area contributed by atoms with Gasteiger partial charge in [-0.3, -0.25) is 13.6 Å². The number of rotatable bonds is 10. The Labute approximate surface area is 153 Å². The molecule has 0 unspecified atom stereocenters. The quantitative estimate of drug-likeness (QED) is 0.608. The molecule has 5 nitrogen and oxygen atoms in total. The monoisotopic (exact) mass is 381 g/mol. The maximum Gasteiger partial charge on any atom is 0.476 e. The second kappa shape index (κ2) is 9.40. The molecule has 142 valence electrons. The summed E-state index contributed by atoms with van der Waals surface area (Å²) in [6, 6.07) is 18.4. The van der Waals surface area contributed by atoms with Crippen LogP contribution < -0.4 is 5.73 Å². The number of nitrogens with two attached hydrogens (primary N) is 1. The van der Waals surface area contributed by atoms with Crippen molar-refractivity contribution in [3.05, 3.63) is 71.8 Å². The lowest BCUT2D eigenvalue weighted by Crippen LogP contribution is -2.40. The Balaban J connectivity index is 2.12. The summed E-state index contributed by atoms with van der Waals surface area (Å²) in [6.07, 6.45) is -1.52. The molecule has 0 spiro atoms. The van der Waals surface area contributed by atoms with Crippen molar-refractivity contribution in [2.75, 3.05) is 6.54 Å². The highest BCUT2D eigenvalue weighted by atomic mass is 31.2. The van der Waals surface area contributed by atoms with Crippen LogP contribution in [0.2, 0.25) is 0 Å². The lowest BCUT2D eigenvalue weighted by molar-refractivity contribution is -0.0202. The van der Waals surface area contributed by atoms with Crippen molar-refractivity contribution in [3.63, 3.8) is 0 Å². The van der Waals surface area contributed by atoms with Crippen LogP contribution in [0.3, 0.4) is 0 Å². The number of phosphoric ester groups is 1. The Hall–Kier alpha value is -1.56. The van der Waals surface area contributed by atoms with Gasteiger partial charge in [-0.1, -0.05) is 60.7 Å². The fraction of sp³-hybridized carbons (Fsp3) is 0.368. The van der Waals surface area contributed by atoms with Crippen LogP contribution in [-0.2, 0) is 31.4 Å². The molecule has 0 aliphatic carbocycles. The van der Waals surface area contributed by atoms with E-state index >= 15 is 0 Å². The second-order valence-corrected chi connectivity index (χ2v) is 7.96. The van der Waals surface area contributed by atoms with Gasteiger partial charge < -0.3 is 5.73 Å². The summed E-state index contributed by atoms with van der Waals surface area (Å²) in [6.45, 7) is 2.71. The highest BCUT2D eigenvalue weighted by Gasteiger charge is 2.40. The first kappa shape index (κ1) is 20.7. The first-order valence-electron chi connectivity index (χ1n) is 8.36. The first-order valence-corrected chi connectivity index (χ1v) is 9.82. The SMILES string of the molecule is CC(C)(OP(=O)(OCc1ccccc1)OCc1ccccc1)[C@@H](F)CN. The van der Waals surface area contributed by atoms with Crippen molar-refractivity contribution in [2.24, 2.45) is 5.73 Å². The van der Waals surface area contributed by atoms with Gasteiger partial charge in [-0.05, 0) is 25.0 Å². The average Bonchev–Trinajstić information content (AvgIpc) is 2.65. The minimum Gasteiger partial charge on any atom is -0.328 e. The fourth-order valence-corrected chi connectivity index (χ4v) is 3.66. The third-order valence-electron chi connectivity index (χ3n) is 3.77. The van der Waals surface area contributed by atoms with E-state index in [-0.39, 0.29) is 19.8 Å². The van der Waals surface area contributed by atoms with E-state index < -0.39 is 19.6 Å². The molecule has 2 N–H and O–H groups in total. The second-order valence-electron chi connectivity index (χ2n) is 6.36. The van der Waals surface area contributed by atoms with Crippen molar-refractivity contribution in [3.8, 4) is 0 Å². The van der Waals surface area contributed by atoms with E-state index in [1.165, 1.54) is 13.8 Å². The van der Waals surface area contributed by atoms with Gasteiger partial charge in [0.1, 0.15) is 11.8 Å². The fourth-order valence-electron chi connectivity index (χ4n) is 2.17. The summed E-state index contributed by atoms with van der Waals surface area (Å²) in [5.41, 5.74) is 5.56. The van der Waals surface area contributed by atoms with Gasteiger partial charge in [0.05, 0.1) is 13.2 Å². The number of hydrogen-bond acceptors (Lipinski definition) is 5. The molecule has 0 radical (unpaired) electrons. The average molecular weight is 381 g/mol. The van der Waals surface area contributed by atoms with Crippen molar-refractivity contribution in [1.29, 1.82) is 0 Å². The maximum absolute atomic E-state index is 14.1. The summed E-state index contributed by atoms with van der Waals surface area (Å²) in [5.74, 6) is 0. The van der Waals surface area contributed by atoms with Crippen LogP contribution in [0, 0.1) is 0 Å². The van der Waals surface area contributed by atoms with E-state index in [9.17, 15) is 8.96 Å². The number of alkyl halides is 1. The molecule has 0 aromatic heterocycles. The van der Waals surface area contributed by atoms with Gasteiger partial charge in [0.15, 0.2) is 0 Å². The summed E-state index contributed by atoms with van der Waals surface area (Å²) in [5, 5.41) is 0. The van der Waals surface area contributed by atoms with Crippen LogP contribution in [-0.4, -0.2) is 18.3 Å². The molecule has 0 amide bonds. The molecule has 0 saturated carbocycles. The molecule has 2 rings (SSSR count). The number of benzene rings is 2. The van der Waals surface area contributed by atoms with Crippen molar-refractivity contribution in [1.82, 2.24) is 0 Å². The zero-order valence-corrected chi connectivity index (χ0v) is 15.9.